The molecule has 0 aliphatic heterocycles. The van der Waals surface area contributed by atoms with Crippen LogP contribution in [0.4, 0.5) is 0 Å². The molecule has 2 aromatic rings. The van der Waals surface area contributed by atoms with E-state index in [4.69, 9.17) is 0 Å². The Morgan fingerprint density at radius 2 is 1.69 bits per heavy atom. The highest BCUT2D eigenvalue weighted by molar-refractivity contribution is 7.03. The monoisotopic (exact) mass is 191 g/mol. The van der Waals surface area contributed by atoms with Crippen LogP contribution >= 0.6 is 11.5 Å². The minimum atomic E-state index is 1.07. The summed E-state index contributed by atoms with van der Waals surface area (Å²) in [5.74, 6) is 0. The van der Waals surface area contributed by atoms with Crippen molar-refractivity contribution in [2.75, 3.05) is 0 Å². The summed E-state index contributed by atoms with van der Waals surface area (Å²) >= 11 is 1.48. The van der Waals surface area contributed by atoms with E-state index in [0.29, 0.717) is 0 Å². The summed E-state index contributed by atoms with van der Waals surface area (Å²) in [5, 5.41) is 1.99. The zero-order chi connectivity index (χ0) is 9.52. The highest BCUT2D eigenvalue weighted by Gasteiger charge is 1.95. The summed E-state index contributed by atoms with van der Waals surface area (Å²) in [5.41, 5.74) is 2.25. The second-order valence-electron chi connectivity index (χ2n) is 2.25. The first-order valence-corrected chi connectivity index (χ1v) is 5.26. The fourth-order valence-electron chi connectivity index (χ4n) is 0.970. The second kappa shape index (κ2) is 5.49. The Labute approximate surface area is 83.2 Å². The Balaban J connectivity index is 0.000000396. The molecule has 1 heterocycles. The largest absolute Gasteiger partial charge is 0.193 e. The van der Waals surface area contributed by atoms with Crippen LogP contribution in [0.3, 0.4) is 0 Å². The minimum Gasteiger partial charge on any atom is -0.193 e. The van der Waals surface area contributed by atoms with Crippen LogP contribution in [0.5, 0.6) is 0 Å². The molecule has 0 unspecified atom stereocenters. The molecule has 2 rings (SSSR count). The highest BCUT2D eigenvalue weighted by Crippen LogP contribution is 2.16. The lowest BCUT2D eigenvalue weighted by Crippen LogP contribution is -1.72. The van der Waals surface area contributed by atoms with Gasteiger partial charge in [-0.1, -0.05) is 44.2 Å². The van der Waals surface area contributed by atoms with E-state index >= 15 is 0 Å². The second-order valence-corrected chi connectivity index (χ2v) is 2.92. The fourth-order valence-corrected chi connectivity index (χ4v) is 1.50. The van der Waals surface area contributed by atoms with Gasteiger partial charge >= 0.3 is 0 Å². The molecule has 68 valence electrons. The van der Waals surface area contributed by atoms with E-state index in [1.54, 1.807) is 0 Å². The maximum absolute atomic E-state index is 4.23. The van der Waals surface area contributed by atoms with Crippen molar-refractivity contribution < 1.29 is 0 Å². The first kappa shape index (κ1) is 9.93. The number of benzene rings is 1. The Morgan fingerprint density at radius 3 is 2.23 bits per heavy atom. The Bertz CT molecular complexity index is 313. The Hall–Kier alpha value is -1.15. The molecule has 0 saturated heterocycles. The van der Waals surface area contributed by atoms with Gasteiger partial charge in [0.25, 0.3) is 0 Å². The smallest absolute Gasteiger partial charge is 0.0840 e. The van der Waals surface area contributed by atoms with Gasteiger partial charge in [0.15, 0.2) is 0 Å². The van der Waals surface area contributed by atoms with Crippen molar-refractivity contribution in [1.29, 1.82) is 0 Å². The molecule has 0 radical (unpaired) electrons. The van der Waals surface area contributed by atoms with Crippen LogP contribution in [0, 0.1) is 0 Å². The third-order valence-corrected chi connectivity index (χ3v) is 2.07. The predicted molar refractivity (Wildman–Crippen MR) is 58.9 cm³/mol. The molecular weight excluding hydrogens is 178 g/mol. The van der Waals surface area contributed by atoms with Gasteiger partial charge in [0, 0.05) is 10.9 Å². The van der Waals surface area contributed by atoms with Crippen LogP contribution < -0.4 is 0 Å². The van der Waals surface area contributed by atoms with Gasteiger partial charge in [-0.3, -0.25) is 0 Å². The quantitative estimate of drug-likeness (QED) is 0.667. The van der Waals surface area contributed by atoms with Crippen LogP contribution in [0.15, 0.2) is 41.8 Å². The average molecular weight is 191 g/mol. The third kappa shape index (κ3) is 2.67. The SMILES string of the molecule is CC.c1ccc(-c2ccsn2)cc1. The van der Waals surface area contributed by atoms with E-state index in [-0.39, 0.29) is 0 Å². The molecule has 0 saturated carbocycles. The molecule has 0 aliphatic rings. The van der Waals surface area contributed by atoms with Crippen molar-refractivity contribution >= 4 is 11.5 Å². The molecule has 0 aliphatic carbocycles. The summed E-state index contributed by atoms with van der Waals surface area (Å²) < 4.78 is 4.23. The van der Waals surface area contributed by atoms with Crippen molar-refractivity contribution in [2.45, 2.75) is 13.8 Å². The van der Waals surface area contributed by atoms with E-state index in [9.17, 15) is 0 Å². The van der Waals surface area contributed by atoms with Gasteiger partial charge in [-0.05, 0) is 17.6 Å². The number of nitrogens with zero attached hydrogens (tertiary/aromatic N) is 1. The number of hydrogen-bond acceptors (Lipinski definition) is 2. The molecule has 1 nitrogen and oxygen atoms in total. The first-order valence-electron chi connectivity index (χ1n) is 4.42. The van der Waals surface area contributed by atoms with Crippen molar-refractivity contribution in [3.63, 3.8) is 0 Å². The van der Waals surface area contributed by atoms with Crippen molar-refractivity contribution in [1.82, 2.24) is 4.37 Å². The maximum atomic E-state index is 4.23. The van der Waals surface area contributed by atoms with Crippen LogP contribution in [-0.2, 0) is 0 Å². The van der Waals surface area contributed by atoms with E-state index in [1.165, 1.54) is 17.1 Å². The highest BCUT2D eigenvalue weighted by atomic mass is 32.1. The molecule has 1 aromatic heterocycles. The van der Waals surface area contributed by atoms with Crippen molar-refractivity contribution in [3.8, 4) is 11.3 Å². The molecule has 13 heavy (non-hydrogen) atoms. The molecule has 1 aromatic carbocycles. The number of aromatic nitrogens is 1. The van der Waals surface area contributed by atoms with Crippen LogP contribution in [0.1, 0.15) is 13.8 Å². The van der Waals surface area contributed by atoms with Gasteiger partial charge in [-0.15, -0.1) is 0 Å². The Kier molecular flexibility index (Phi) is 4.19. The van der Waals surface area contributed by atoms with Gasteiger partial charge in [-0.2, -0.15) is 4.37 Å². The average Bonchev–Trinajstić information content (AvgIpc) is 2.75. The van der Waals surface area contributed by atoms with E-state index in [2.05, 4.69) is 16.5 Å². The fraction of sp³-hybridized carbons (Fsp3) is 0.182. The van der Waals surface area contributed by atoms with Crippen LogP contribution in [0.2, 0.25) is 0 Å². The van der Waals surface area contributed by atoms with Crippen molar-refractivity contribution in [2.24, 2.45) is 0 Å². The molecule has 0 fully saturated rings. The number of rotatable bonds is 1. The number of hydrogen-bond donors (Lipinski definition) is 0. The van der Waals surface area contributed by atoms with Gasteiger partial charge in [-0.25, -0.2) is 0 Å². The summed E-state index contributed by atoms with van der Waals surface area (Å²) in [6.45, 7) is 4.00. The standard InChI is InChI=1S/C9H7NS.C2H6/c1-2-4-8(5-3-1)9-6-7-11-10-9;1-2/h1-7H;1-2H3. The summed E-state index contributed by atoms with van der Waals surface area (Å²) in [4.78, 5) is 0. The molecular formula is C11H13NS. The molecule has 0 bridgehead atoms. The normalized spacial score (nSPS) is 8.77. The zero-order valence-electron chi connectivity index (χ0n) is 7.90. The molecule has 0 spiro atoms. The van der Waals surface area contributed by atoms with Crippen LogP contribution in [-0.4, -0.2) is 4.37 Å². The lowest BCUT2D eigenvalue weighted by Gasteiger charge is -1.92. The van der Waals surface area contributed by atoms with Gasteiger partial charge in [0.2, 0.25) is 0 Å². The molecule has 0 atom stereocenters. The van der Waals surface area contributed by atoms with E-state index in [1.807, 2.05) is 43.5 Å². The molecule has 0 N–H and O–H groups in total. The lowest BCUT2D eigenvalue weighted by molar-refractivity contribution is 1.50. The molecule has 2 heteroatoms. The van der Waals surface area contributed by atoms with E-state index in [0.717, 1.165) is 5.69 Å². The van der Waals surface area contributed by atoms with Gasteiger partial charge < -0.3 is 0 Å². The minimum absolute atomic E-state index is 1.07. The summed E-state index contributed by atoms with van der Waals surface area (Å²) in [6, 6.07) is 12.2. The zero-order valence-corrected chi connectivity index (χ0v) is 8.71. The third-order valence-electron chi connectivity index (χ3n) is 1.51. The van der Waals surface area contributed by atoms with Gasteiger partial charge in [0.1, 0.15) is 0 Å². The summed E-state index contributed by atoms with van der Waals surface area (Å²) in [6.07, 6.45) is 0. The van der Waals surface area contributed by atoms with Gasteiger partial charge in [0.05, 0.1) is 5.69 Å². The van der Waals surface area contributed by atoms with Crippen LogP contribution in [0.25, 0.3) is 11.3 Å². The first-order chi connectivity index (χ1) is 6.47. The Morgan fingerprint density at radius 1 is 1.00 bits per heavy atom. The van der Waals surface area contributed by atoms with Crippen molar-refractivity contribution in [3.05, 3.63) is 41.8 Å². The summed E-state index contributed by atoms with van der Waals surface area (Å²) in [7, 11) is 0. The maximum Gasteiger partial charge on any atom is 0.0840 e. The lowest BCUT2D eigenvalue weighted by atomic mass is 10.2. The van der Waals surface area contributed by atoms with E-state index < -0.39 is 0 Å². The predicted octanol–water partition coefficient (Wildman–Crippen LogP) is 3.84. The topological polar surface area (TPSA) is 12.9 Å². The molecule has 0 amide bonds.